The summed E-state index contributed by atoms with van der Waals surface area (Å²) in [5.41, 5.74) is -0.920. The highest BCUT2D eigenvalue weighted by Crippen LogP contribution is 2.35. The smallest absolute Gasteiger partial charge is 0.354 e. The number of carbonyl (C=O) groups is 2. The molecule has 0 bridgehead atoms. The Bertz CT molecular complexity index is 576. The Morgan fingerprint density at radius 1 is 1.30 bits per heavy atom. The molecule has 0 aliphatic carbocycles. The monoisotopic (exact) mass is 350 g/mol. The van der Waals surface area contributed by atoms with E-state index in [1.807, 2.05) is 6.92 Å². The van der Waals surface area contributed by atoms with Crippen molar-refractivity contribution in [3.05, 3.63) is 28.8 Å². The lowest BCUT2D eigenvalue weighted by Gasteiger charge is -2.23. The fourth-order valence-corrected chi connectivity index (χ4v) is 2.19. The molecule has 8 heteroatoms. The van der Waals surface area contributed by atoms with Gasteiger partial charge in [-0.05, 0) is 24.6 Å². The standard InChI is InChI=1S/C15H18ClF3N2O2/c1-3-4-14(23)20-7-8-21(10(2)22)13-9-11(15(17,18)19)5-6-12(13)16/h5-6,9H,3-4,7-8H2,1-2H3,(H,20,23). The maximum absolute atomic E-state index is 12.8. The van der Waals surface area contributed by atoms with Crippen LogP contribution in [0.2, 0.25) is 5.02 Å². The summed E-state index contributed by atoms with van der Waals surface area (Å²) in [4.78, 5) is 24.2. The van der Waals surface area contributed by atoms with Gasteiger partial charge in [0.25, 0.3) is 0 Å². The van der Waals surface area contributed by atoms with Gasteiger partial charge in [0.15, 0.2) is 0 Å². The highest BCUT2D eigenvalue weighted by molar-refractivity contribution is 6.33. The van der Waals surface area contributed by atoms with Crippen LogP contribution in [0.4, 0.5) is 18.9 Å². The maximum Gasteiger partial charge on any atom is 0.416 e. The molecule has 0 unspecified atom stereocenters. The lowest BCUT2D eigenvalue weighted by molar-refractivity contribution is -0.137. The van der Waals surface area contributed by atoms with Gasteiger partial charge in [0.2, 0.25) is 11.8 Å². The molecule has 0 aromatic heterocycles. The second kappa shape index (κ2) is 8.19. The van der Waals surface area contributed by atoms with Crippen molar-refractivity contribution in [2.45, 2.75) is 32.9 Å². The molecule has 4 nitrogen and oxygen atoms in total. The van der Waals surface area contributed by atoms with Gasteiger partial charge in [0, 0.05) is 26.4 Å². The Morgan fingerprint density at radius 3 is 2.48 bits per heavy atom. The van der Waals surface area contributed by atoms with Crippen molar-refractivity contribution < 1.29 is 22.8 Å². The second-order valence-corrected chi connectivity index (χ2v) is 5.34. The molecule has 0 saturated carbocycles. The summed E-state index contributed by atoms with van der Waals surface area (Å²) in [5, 5.41) is 2.64. The first-order valence-corrected chi connectivity index (χ1v) is 7.46. The normalized spacial score (nSPS) is 11.2. The molecule has 0 aliphatic heterocycles. The molecule has 0 fully saturated rings. The number of rotatable bonds is 6. The number of amides is 2. The molecule has 1 aromatic carbocycles. The number of anilines is 1. The van der Waals surface area contributed by atoms with Crippen LogP contribution in [-0.4, -0.2) is 24.9 Å². The van der Waals surface area contributed by atoms with Crippen molar-refractivity contribution in [2.24, 2.45) is 0 Å². The van der Waals surface area contributed by atoms with E-state index in [1.54, 1.807) is 0 Å². The first kappa shape index (κ1) is 19.3. The molecule has 0 spiro atoms. The lowest BCUT2D eigenvalue weighted by atomic mass is 10.1. The minimum Gasteiger partial charge on any atom is -0.354 e. The molecule has 0 aliphatic rings. The number of hydrogen-bond donors (Lipinski definition) is 1. The first-order chi connectivity index (χ1) is 10.7. The zero-order valence-electron chi connectivity index (χ0n) is 12.8. The minimum atomic E-state index is -4.53. The van der Waals surface area contributed by atoms with Gasteiger partial charge in [-0.15, -0.1) is 0 Å². The number of nitrogens with zero attached hydrogens (tertiary/aromatic N) is 1. The lowest BCUT2D eigenvalue weighted by Crippen LogP contribution is -2.37. The molecule has 0 atom stereocenters. The maximum atomic E-state index is 12.8. The fraction of sp³-hybridized carbons (Fsp3) is 0.467. The third-order valence-electron chi connectivity index (χ3n) is 3.08. The van der Waals surface area contributed by atoms with E-state index in [-0.39, 0.29) is 29.7 Å². The Hall–Kier alpha value is -1.76. The quantitative estimate of drug-likeness (QED) is 0.851. The van der Waals surface area contributed by atoms with E-state index < -0.39 is 17.6 Å². The number of hydrogen-bond acceptors (Lipinski definition) is 2. The number of carbonyl (C=O) groups excluding carboxylic acids is 2. The van der Waals surface area contributed by atoms with E-state index in [1.165, 1.54) is 6.92 Å². The van der Waals surface area contributed by atoms with Gasteiger partial charge in [-0.3, -0.25) is 9.59 Å². The fourth-order valence-electron chi connectivity index (χ4n) is 1.97. The minimum absolute atomic E-state index is 0.0290. The molecule has 128 valence electrons. The molecule has 23 heavy (non-hydrogen) atoms. The number of halogens is 4. The summed E-state index contributed by atoms with van der Waals surface area (Å²) >= 11 is 5.93. The Morgan fingerprint density at radius 2 is 1.96 bits per heavy atom. The van der Waals surface area contributed by atoms with Gasteiger partial charge in [-0.1, -0.05) is 18.5 Å². The van der Waals surface area contributed by atoms with Crippen molar-refractivity contribution in [3.63, 3.8) is 0 Å². The first-order valence-electron chi connectivity index (χ1n) is 7.08. The molecule has 2 amide bonds. The number of benzene rings is 1. The highest BCUT2D eigenvalue weighted by Gasteiger charge is 2.31. The van der Waals surface area contributed by atoms with Crippen molar-refractivity contribution in [2.75, 3.05) is 18.0 Å². The number of nitrogens with one attached hydrogen (secondary N) is 1. The molecular formula is C15H18ClF3N2O2. The van der Waals surface area contributed by atoms with E-state index in [0.717, 1.165) is 23.1 Å². The van der Waals surface area contributed by atoms with Crippen molar-refractivity contribution in [1.29, 1.82) is 0 Å². The van der Waals surface area contributed by atoms with Crippen LogP contribution in [0.1, 0.15) is 32.3 Å². The van der Waals surface area contributed by atoms with Gasteiger partial charge in [0.1, 0.15) is 0 Å². The van der Waals surface area contributed by atoms with Crippen LogP contribution in [0.5, 0.6) is 0 Å². The van der Waals surface area contributed by atoms with E-state index in [0.29, 0.717) is 12.8 Å². The zero-order chi connectivity index (χ0) is 17.6. The number of alkyl halides is 3. The predicted molar refractivity (Wildman–Crippen MR) is 82.4 cm³/mol. The molecule has 1 rings (SSSR count). The summed E-state index contributed by atoms with van der Waals surface area (Å²) in [5.74, 6) is -0.637. The molecule has 1 N–H and O–H groups in total. The Labute approximate surface area is 137 Å². The van der Waals surface area contributed by atoms with Crippen molar-refractivity contribution in [1.82, 2.24) is 5.32 Å². The second-order valence-electron chi connectivity index (χ2n) is 4.93. The molecule has 1 aromatic rings. The summed E-state index contributed by atoms with van der Waals surface area (Å²) in [7, 11) is 0. The van der Waals surface area contributed by atoms with Gasteiger partial charge >= 0.3 is 6.18 Å². The van der Waals surface area contributed by atoms with Crippen LogP contribution in [0.15, 0.2) is 18.2 Å². The largest absolute Gasteiger partial charge is 0.416 e. The molecule has 0 radical (unpaired) electrons. The van der Waals surface area contributed by atoms with Crippen LogP contribution < -0.4 is 10.2 Å². The van der Waals surface area contributed by atoms with Crippen LogP contribution in [0.25, 0.3) is 0 Å². The zero-order valence-corrected chi connectivity index (χ0v) is 13.6. The topological polar surface area (TPSA) is 49.4 Å². The van der Waals surface area contributed by atoms with Crippen LogP contribution in [0.3, 0.4) is 0 Å². The van der Waals surface area contributed by atoms with E-state index in [2.05, 4.69) is 5.32 Å². The summed E-state index contributed by atoms with van der Waals surface area (Å²) in [6.07, 6.45) is -3.50. The van der Waals surface area contributed by atoms with Crippen molar-refractivity contribution in [3.8, 4) is 0 Å². The van der Waals surface area contributed by atoms with E-state index >= 15 is 0 Å². The Balaban J connectivity index is 2.93. The van der Waals surface area contributed by atoms with Crippen LogP contribution in [-0.2, 0) is 15.8 Å². The highest BCUT2D eigenvalue weighted by atomic mass is 35.5. The predicted octanol–water partition coefficient (Wildman–Crippen LogP) is 3.63. The third kappa shape index (κ3) is 5.74. The average molecular weight is 351 g/mol. The summed E-state index contributed by atoms with van der Waals surface area (Å²) < 4.78 is 38.4. The molecule has 0 saturated heterocycles. The summed E-state index contributed by atoms with van der Waals surface area (Å²) in [6, 6.07) is 2.79. The van der Waals surface area contributed by atoms with Crippen LogP contribution >= 0.6 is 11.6 Å². The van der Waals surface area contributed by atoms with Crippen molar-refractivity contribution >= 4 is 29.1 Å². The van der Waals surface area contributed by atoms with Gasteiger partial charge in [-0.2, -0.15) is 13.2 Å². The SMILES string of the molecule is CCCC(=O)NCCN(C(C)=O)c1cc(C(F)(F)F)ccc1Cl. The average Bonchev–Trinajstić information content (AvgIpc) is 2.43. The van der Waals surface area contributed by atoms with E-state index in [4.69, 9.17) is 11.6 Å². The van der Waals surface area contributed by atoms with Gasteiger partial charge in [0.05, 0.1) is 16.3 Å². The summed E-state index contributed by atoms with van der Waals surface area (Å²) in [6.45, 7) is 3.24. The van der Waals surface area contributed by atoms with E-state index in [9.17, 15) is 22.8 Å². The van der Waals surface area contributed by atoms with Gasteiger partial charge < -0.3 is 10.2 Å². The molecule has 0 heterocycles. The Kier molecular flexibility index (Phi) is 6.87. The molecular weight excluding hydrogens is 333 g/mol. The third-order valence-corrected chi connectivity index (χ3v) is 3.40. The van der Waals surface area contributed by atoms with Crippen LogP contribution in [0, 0.1) is 0 Å². The van der Waals surface area contributed by atoms with Gasteiger partial charge in [-0.25, -0.2) is 0 Å².